The van der Waals surface area contributed by atoms with Crippen molar-refractivity contribution in [3.05, 3.63) is 24.3 Å². The molecule has 0 bridgehead atoms. The highest BCUT2D eigenvalue weighted by molar-refractivity contribution is 5.55. The van der Waals surface area contributed by atoms with Crippen molar-refractivity contribution in [3.8, 4) is 0 Å². The highest BCUT2D eigenvalue weighted by Gasteiger charge is 2.18. The Bertz CT molecular complexity index is 428. The van der Waals surface area contributed by atoms with Crippen molar-refractivity contribution in [1.82, 2.24) is 4.90 Å². The van der Waals surface area contributed by atoms with Gasteiger partial charge in [-0.1, -0.05) is 6.92 Å². The zero-order chi connectivity index (χ0) is 14.5. The second-order valence-corrected chi connectivity index (χ2v) is 6.01. The first kappa shape index (κ1) is 14.7. The minimum Gasteiger partial charge on any atom is -0.382 e. The summed E-state index contributed by atoms with van der Waals surface area (Å²) in [6.45, 7) is 9.59. The lowest BCUT2D eigenvalue weighted by atomic mass is 10.2. The Morgan fingerprint density at radius 3 is 2.62 bits per heavy atom. The molecule has 1 aromatic rings. The zero-order valence-corrected chi connectivity index (χ0v) is 13.1. The molecular formula is C17H27N3O. The first-order valence-corrected chi connectivity index (χ1v) is 8.28. The number of hydrogen-bond donors (Lipinski definition) is 1. The molecule has 3 rings (SSSR count). The summed E-state index contributed by atoms with van der Waals surface area (Å²) in [4.78, 5) is 4.92. The second-order valence-electron chi connectivity index (χ2n) is 6.01. The monoisotopic (exact) mass is 289 g/mol. The minimum atomic E-state index is 0.303. The van der Waals surface area contributed by atoms with Crippen LogP contribution in [0.5, 0.6) is 0 Å². The Morgan fingerprint density at radius 2 is 1.90 bits per heavy atom. The normalized spacial score (nSPS) is 23.5. The number of ether oxygens (including phenoxy) is 1. The number of anilines is 2. The summed E-state index contributed by atoms with van der Waals surface area (Å²) < 4.78 is 5.82. The molecule has 1 unspecified atom stereocenters. The van der Waals surface area contributed by atoms with E-state index in [1.54, 1.807) is 0 Å². The van der Waals surface area contributed by atoms with Gasteiger partial charge in [0.1, 0.15) is 0 Å². The Hall–Kier alpha value is -1.26. The van der Waals surface area contributed by atoms with E-state index in [2.05, 4.69) is 46.3 Å². The topological polar surface area (TPSA) is 27.7 Å². The minimum absolute atomic E-state index is 0.303. The van der Waals surface area contributed by atoms with Crippen LogP contribution >= 0.6 is 0 Å². The molecule has 1 aromatic carbocycles. The van der Waals surface area contributed by atoms with Gasteiger partial charge < -0.3 is 15.0 Å². The highest BCUT2D eigenvalue weighted by atomic mass is 16.5. The van der Waals surface area contributed by atoms with Crippen molar-refractivity contribution >= 4 is 11.4 Å². The summed E-state index contributed by atoms with van der Waals surface area (Å²) in [5.41, 5.74) is 2.54. The van der Waals surface area contributed by atoms with Gasteiger partial charge in [-0.3, -0.25) is 4.90 Å². The van der Waals surface area contributed by atoms with Gasteiger partial charge in [-0.2, -0.15) is 0 Å². The lowest BCUT2D eigenvalue weighted by molar-refractivity contribution is -0.0191. The van der Waals surface area contributed by atoms with Crippen molar-refractivity contribution in [3.63, 3.8) is 0 Å². The van der Waals surface area contributed by atoms with Crippen molar-refractivity contribution in [2.45, 2.75) is 25.9 Å². The maximum absolute atomic E-state index is 5.82. The zero-order valence-electron chi connectivity index (χ0n) is 13.1. The van der Waals surface area contributed by atoms with Gasteiger partial charge >= 0.3 is 0 Å². The molecule has 0 aromatic heterocycles. The molecule has 0 saturated carbocycles. The molecule has 0 amide bonds. The van der Waals surface area contributed by atoms with Gasteiger partial charge in [-0.25, -0.2) is 0 Å². The first-order chi connectivity index (χ1) is 10.3. The van der Waals surface area contributed by atoms with E-state index in [9.17, 15) is 0 Å². The van der Waals surface area contributed by atoms with Gasteiger partial charge in [0.05, 0.1) is 12.7 Å². The van der Waals surface area contributed by atoms with E-state index >= 15 is 0 Å². The van der Waals surface area contributed by atoms with Gasteiger partial charge in [0.15, 0.2) is 0 Å². The van der Waals surface area contributed by atoms with Crippen molar-refractivity contribution < 1.29 is 4.74 Å². The quantitative estimate of drug-likeness (QED) is 0.901. The van der Waals surface area contributed by atoms with E-state index in [1.165, 1.54) is 37.3 Å². The second kappa shape index (κ2) is 7.14. The first-order valence-electron chi connectivity index (χ1n) is 8.28. The molecule has 2 saturated heterocycles. The number of nitrogens with one attached hydrogen (secondary N) is 1. The fourth-order valence-corrected chi connectivity index (χ4v) is 3.19. The van der Waals surface area contributed by atoms with Crippen molar-refractivity contribution in [2.75, 3.05) is 56.1 Å². The van der Waals surface area contributed by atoms with E-state index in [4.69, 9.17) is 4.74 Å². The molecule has 0 spiro atoms. The van der Waals surface area contributed by atoms with Crippen LogP contribution in [0.4, 0.5) is 11.4 Å². The van der Waals surface area contributed by atoms with Crippen LogP contribution in [0.15, 0.2) is 24.3 Å². The molecule has 2 heterocycles. The van der Waals surface area contributed by atoms with Gasteiger partial charge in [0.2, 0.25) is 0 Å². The Kier molecular flexibility index (Phi) is 4.99. The van der Waals surface area contributed by atoms with Crippen molar-refractivity contribution in [2.24, 2.45) is 0 Å². The van der Waals surface area contributed by atoms with Crippen LogP contribution in [0.2, 0.25) is 0 Å². The van der Waals surface area contributed by atoms with Crippen LogP contribution in [0, 0.1) is 0 Å². The summed E-state index contributed by atoms with van der Waals surface area (Å²) in [5.74, 6) is 0. The Labute approximate surface area is 128 Å². The predicted octanol–water partition coefficient (Wildman–Crippen LogP) is 2.42. The molecule has 1 N–H and O–H groups in total. The lowest BCUT2D eigenvalue weighted by Gasteiger charge is -2.32. The molecule has 116 valence electrons. The molecule has 0 radical (unpaired) electrons. The van der Waals surface area contributed by atoms with Crippen LogP contribution in [0.25, 0.3) is 0 Å². The summed E-state index contributed by atoms with van der Waals surface area (Å²) in [7, 11) is 0. The Balaban J connectivity index is 1.48. The third-order valence-electron chi connectivity index (χ3n) is 4.54. The highest BCUT2D eigenvalue weighted by Crippen LogP contribution is 2.22. The molecule has 1 atom stereocenters. The van der Waals surface area contributed by atoms with Crippen LogP contribution in [0.3, 0.4) is 0 Å². The maximum atomic E-state index is 5.82. The molecule has 2 aliphatic heterocycles. The van der Waals surface area contributed by atoms with E-state index in [0.717, 1.165) is 32.8 Å². The molecule has 2 aliphatic rings. The third-order valence-corrected chi connectivity index (χ3v) is 4.54. The SMILES string of the molecule is CCN1CCOC(CNc2ccc(N3CCCC3)cc2)C1. The molecule has 4 nitrogen and oxygen atoms in total. The average Bonchev–Trinajstić information content (AvgIpc) is 3.08. The average molecular weight is 289 g/mol. The third kappa shape index (κ3) is 3.89. The fourth-order valence-electron chi connectivity index (χ4n) is 3.19. The van der Waals surface area contributed by atoms with Gasteiger partial charge in [-0.15, -0.1) is 0 Å². The van der Waals surface area contributed by atoms with Crippen LogP contribution in [0.1, 0.15) is 19.8 Å². The summed E-state index contributed by atoms with van der Waals surface area (Å²) in [6.07, 6.45) is 2.96. The molecule has 4 heteroatoms. The fraction of sp³-hybridized carbons (Fsp3) is 0.647. The van der Waals surface area contributed by atoms with Crippen molar-refractivity contribution in [1.29, 1.82) is 0 Å². The number of rotatable bonds is 5. The van der Waals surface area contributed by atoms with E-state index in [1.807, 2.05) is 0 Å². The maximum Gasteiger partial charge on any atom is 0.0874 e. The standard InChI is InChI=1S/C17H27N3O/c1-2-19-11-12-21-17(14-19)13-18-15-5-7-16(8-6-15)20-9-3-4-10-20/h5-8,17-18H,2-4,9-14H2,1H3. The number of hydrogen-bond acceptors (Lipinski definition) is 4. The van der Waals surface area contributed by atoms with Crippen LogP contribution < -0.4 is 10.2 Å². The molecule has 21 heavy (non-hydrogen) atoms. The summed E-state index contributed by atoms with van der Waals surface area (Å²) in [6, 6.07) is 8.84. The molecule has 2 fully saturated rings. The van der Waals surface area contributed by atoms with Crippen LogP contribution in [-0.2, 0) is 4.74 Å². The van der Waals surface area contributed by atoms with Gasteiger partial charge in [0, 0.05) is 44.1 Å². The summed E-state index contributed by atoms with van der Waals surface area (Å²) in [5, 5.41) is 3.51. The van der Waals surface area contributed by atoms with Gasteiger partial charge in [0.25, 0.3) is 0 Å². The lowest BCUT2D eigenvalue weighted by Crippen LogP contribution is -2.45. The van der Waals surface area contributed by atoms with E-state index < -0.39 is 0 Å². The summed E-state index contributed by atoms with van der Waals surface area (Å²) >= 11 is 0. The van der Waals surface area contributed by atoms with E-state index in [0.29, 0.717) is 6.10 Å². The largest absolute Gasteiger partial charge is 0.382 e. The molecular weight excluding hydrogens is 262 g/mol. The molecule has 0 aliphatic carbocycles. The number of morpholine rings is 1. The number of likely N-dealkylation sites (N-methyl/N-ethyl adjacent to an activating group) is 1. The Morgan fingerprint density at radius 1 is 1.14 bits per heavy atom. The van der Waals surface area contributed by atoms with Gasteiger partial charge in [-0.05, 0) is 43.7 Å². The smallest absolute Gasteiger partial charge is 0.0874 e. The number of benzene rings is 1. The predicted molar refractivity (Wildman–Crippen MR) is 88.2 cm³/mol. The van der Waals surface area contributed by atoms with Crippen LogP contribution in [-0.4, -0.2) is 56.9 Å². The van der Waals surface area contributed by atoms with E-state index in [-0.39, 0.29) is 0 Å². The number of nitrogens with zero attached hydrogens (tertiary/aromatic N) is 2.